The van der Waals surface area contributed by atoms with Gasteiger partial charge in [-0.3, -0.25) is 9.47 Å². The molecule has 1 aromatic rings. The van der Waals surface area contributed by atoms with Gasteiger partial charge >= 0.3 is 6.09 Å². The molecule has 124 valence electrons. The lowest BCUT2D eigenvalue weighted by molar-refractivity contribution is 0.0309. The van der Waals surface area contributed by atoms with Crippen LogP contribution in [0.1, 0.15) is 25.5 Å². The van der Waals surface area contributed by atoms with Crippen LogP contribution in [0.3, 0.4) is 0 Å². The van der Waals surface area contributed by atoms with Gasteiger partial charge in [0.1, 0.15) is 18.2 Å². The molecule has 0 spiro atoms. The first-order valence-corrected chi connectivity index (χ1v) is 7.32. The van der Waals surface area contributed by atoms with Crippen molar-refractivity contribution in [2.24, 2.45) is 7.05 Å². The first-order valence-electron chi connectivity index (χ1n) is 7.32. The molecule has 0 aliphatic carbocycles. The van der Waals surface area contributed by atoms with Crippen molar-refractivity contribution in [3.05, 3.63) is 29.9 Å². The molecule has 3 heterocycles. The van der Waals surface area contributed by atoms with E-state index in [1.165, 1.54) is 22.6 Å². The topological polar surface area (TPSA) is 84.2 Å². The van der Waals surface area contributed by atoms with E-state index in [1.54, 1.807) is 0 Å². The van der Waals surface area contributed by atoms with E-state index in [4.69, 9.17) is 9.47 Å². The van der Waals surface area contributed by atoms with Crippen LogP contribution < -0.4 is 4.74 Å². The maximum absolute atomic E-state index is 12.4. The molecular weight excluding hydrogens is 300 g/mol. The molecule has 0 bridgehead atoms. The fourth-order valence-corrected chi connectivity index (χ4v) is 3.42. The summed E-state index contributed by atoms with van der Waals surface area (Å²) in [4.78, 5) is 13.9. The summed E-state index contributed by atoms with van der Waals surface area (Å²) in [5.41, 5.74) is 0.461. The van der Waals surface area contributed by atoms with Crippen molar-refractivity contribution in [2.45, 2.75) is 25.5 Å². The average molecular weight is 320 g/mol. The van der Waals surface area contributed by atoms with Crippen LogP contribution in [-0.4, -0.2) is 44.5 Å². The second-order valence-electron chi connectivity index (χ2n) is 6.12. The minimum absolute atomic E-state index is 0.0985. The Labute approximate surface area is 134 Å². The molecule has 1 amide bonds. The number of fused-ring (bicyclic) bond motifs is 3. The molecule has 7 heteroatoms. The summed E-state index contributed by atoms with van der Waals surface area (Å²) >= 11 is 0. The molecule has 0 aromatic carbocycles. The molecule has 1 aromatic heterocycles. The van der Waals surface area contributed by atoms with Crippen LogP contribution in [0.5, 0.6) is 17.5 Å². The third kappa shape index (κ3) is 2.07. The maximum atomic E-state index is 12.4. The van der Waals surface area contributed by atoms with E-state index in [0.717, 1.165) is 5.57 Å². The van der Waals surface area contributed by atoms with Crippen molar-refractivity contribution in [2.75, 3.05) is 13.2 Å². The predicted octanol–water partition coefficient (Wildman–Crippen LogP) is 2.21. The van der Waals surface area contributed by atoms with Crippen molar-refractivity contribution in [3.63, 3.8) is 0 Å². The Kier molecular flexibility index (Phi) is 3.31. The Bertz CT molecular complexity index is 721. The van der Waals surface area contributed by atoms with Crippen LogP contribution >= 0.6 is 0 Å². The highest BCUT2D eigenvalue weighted by atomic mass is 16.6. The van der Waals surface area contributed by atoms with Gasteiger partial charge in [0.05, 0.1) is 5.56 Å². The monoisotopic (exact) mass is 320 g/mol. The van der Waals surface area contributed by atoms with E-state index in [-0.39, 0.29) is 24.1 Å². The van der Waals surface area contributed by atoms with Gasteiger partial charge < -0.3 is 19.7 Å². The van der Waals surface area contributed by atoms with Gasteiger partial charge in [-0.05, 0) is 19.9 Å². The second kappa shape index (κ2) is 4.97. The van der Waals surface area contributed by atoms with Crippen LogP contribution in [-0.2, 0) is 11.8 Å². The van der Waals surface area contributed by atoms with Gasteiger partial charge in [0.15, 0.2) is 5.75 Å². The predicted molar refractivity (Wildman–Crippen MR) is 82.5 cm³/mol. The van der Waals surface area contributed by atoms with Crippen LogP contribution in [0.15, 0.2) is 24.3 Å². The lowest BCUT2D eigenvalue weighted by atomic mass is 9.87. The van der Waals surface area contributed by atoms with Crippen LogP contribution in [0.2, 0.25) is 0 Å². The summed E-state index contributed by atoms with van der Waals surface area (Å²) in [5, 5.41) is 20.5. The van der Waals surface area contributed by atoms with Gasteiger partial charge in [-0.1, -0.05) is 18.2 Å². The number of ether oxygens (including phenoxy) is 2. The molecule has 7 nitrogen and oxygen atoms in total. The molecule has 0 radical (unpaired) electrons. The molecule has 0 fully saturated rings. The summed E-state index contributed by atoms with van der Waals surface area (Å²) in [6.07, 6.45) is 2.88. The van der Waals surface area contributed by atoms with Gasteiger partial charge in [-0.15, -0.1) is 0 Å². The first-order chi connectivity index (χ1) is 10.8. The van der Waals surface area contributed by atoms with Crippen molar-refractivity contribution >= 4 is 6.09 Å². The quantitative estimate of drug-likeness (QED) is 0.816. The molecule has 2 aliphatic rings. The van der Waals surface area contributed by atoms with E-state index in [9.17, 15) is 15.0 Å². The number of carbonyl (C=O) groups is 1. The van der Waals surface area contributed by atoms with E-state index in [0.29, 0.717) is 12.1 Å². The summed E-state index contributed by atoms with van der Waals surface area (Å²) in [7, 11) is 1.52. The van der Waals surface area contributed by atoms with Crippen molar-refractivity contribution in [1.82, 2.24) is 9.47 Å². The van der Waals surface area contributed by atoms with Crippen molar-refractivity contribution in [1.29, 1.82) is 0 Å². The lowest BCUT2D eigenvalue weighted by Gasteiger charge is -2.40. The Morgan fingerprint density at radius 1 is 1.57 bits per heavy atom. The largest absolute Gasteiger partial charge is 0.494 e. The minimum atomic E-state index is -0.872. The van der Waals surface area contributed by atoms with E-state index >= 15 is 0 Å². The maximum Gasteiger partial charge on any atom is 0.411 e. The lowest BCUT2D eigenvalue weighted by Crippen LogP contribution is -2.50. The van der Waals surface area contributed by atoms with Crippen LogP contribution in [0, 0.1) is 0 Å². The molecule has 0 unspecified atom stereocenters. The smallest absolute Gasteiger partial charge is 0.411 e. The van der Waals surface area contributed by atoms with E-state index in [1.807, 2.05) is 19.9 Å². The Morgan fingerprint density at radius 2 is 2.26 bits per heavy atom. The minimum Gasteiger partial charge on any atom is -0.494 e. The van der Waals surface area contributed by atoms with Gasteiger partial charge in [0, 0.05) is 13.6 Å². The van der Waals surface area contributed by atoms with Crippen molar-refractivity contribution in [3.8, 4) is 17.5 Å². The highest BCUT2D eigenvalue weighted by molar-refractivity contribution is 5.72. The standard InChI is InChI=1S/C16H20N2O5/c1-5-6-22-15(21)18-8-9(2)7-16(3)12(18)10-11(23-16)14(20)17(4)13(10)19/h5,7,12,19-20H,1,6,8H2,2-4H3/t12-,16-/m0/s1. The number of rotatable bonds is 2. The fraction of sp³-hybridized carbons (Fsp3) is 0.438. The van der Waals surface area contributed by atoms with E-state index in [2.05, 4.69) is 6.58 Å². The summed E-state index contributed by atoms with van der Waals surface area (Å²) in [5.74, 6) is -0.0933. The zero-order valence-corrected chi connectivity index (χ0v) is 13.4. The number of hydrogen-bond acceptors (Lipinski definition) is 5. The number of hydrogen-bond donors (Lipinski definition) is 2. The molecule has 23 heavy (non-hydrogen) atoms. The van der Waals surface area contributed by atoms with Gasteiger partial charge in [-0.25, -0.2) is 4.79 Å². The summed E-state index contributed by atoms with van der Waals surface area (Å²) in [6.45, 7) is 7.69. The first kappa shape index (κ1) is 15.3. The number of carbonyl (C=O) groups excluding carboxylic acids is 1. The number of aromatic nitrogens is 1. The third-order valence-electron chi connectivity index (χ3n) is 4.29. The molecule has 2 atom stereocenters. The molecule has 3 rings (SSSR count). The molecule has 0 saturated carbocycles. The zero-order chi connectivity index (χ0) is 16.9. The highest BCUT2D eigenvalue weighted by Gasteiger charge is 2.54. The SMILES string of the molecule is C=CCOC(=O)N1CC(C)=C[C@]2(C)Oc3c(c(O)n(C)c3O)[C@H]12. The number of amides is 1. The Morgan fingerprint density at radius 3 is 2.91 bits per heavy atom. The van der Waals surface area contributed by atoms with Gasteiger partial charge in [0.2, 0.25) is 11.8 Å². The fourth-order valence-electron chi connectivity index (χ4n) is 3.42. The highest BCUT2D eigenvalue weighted by Crippen LogP contribution is 2.57. The average Bonchev–Trinajstić information content (AvgIpc) is 2.90. The summed E-state index contributed by atoms with van der Waals surface area (Å²) < 4.78 is 12.3. The molecule has 2 aliphatic heterocycles. The molecular formula is C16H20N2O5. The van der Waals surface area contributed by atoms with Gasteiger partial charge in [0.25, 0.3) is 0 Å². The van der Waals surface area contributed by atoms with E-state index < -0.39 is 17.7 Å². The Hall–Kier alpha value is -2.57. The summed E-state index contributed by atoms with van der Waals surface area (Å²) in [6, 6.07) is -0.578. The third-order valence-corrected chi connectivity index (χ3v) is 4.29. The van der Waals surface area contributed by atoms with Gasteiger partial charge in [-0.2, -0.15) is 0 Å². The number of nitrogens with zero attached hydrogens (tertiary/aromatic N) is 2. The van der Waals surface area contributed by atoms with Crippen LogP contribution in [0.25, 0.3) is 0 Å². The number of aromatic hydroxyl groups is 2. The Balaban J connectivity index is 2.09. The zero-order valence-electron chi connectivity index (χ0n) is 13.4. The van der Waals surface area contributed by atoms with Crippen LogP contribution in [0.4, 0.5) is 4.79 Å². The normalized spacial score (nSPS) is 25.3. The molecule has 2 N–H and O–H groups in total. The second-order valence-corrected chi connectivity index (χ2v) is 6.12. The molecule has 0 saturated heterocycles. The van der Waals surface area contributed by atoms with Crippen molar-refractivity contribution < 1.29 is 24.5 Å².